The molecule has 0 saturated carbocycles. The maximum absolute atomic E-state index is 11.8. The number of aryl methyl sites for hydroxylation is 1. The Kier molecular flexibility index (Phi) is 3.06. The van der Waals surface area contributed by atoms with Gasteiger partial charge in [-0.05, 0) is 25.0 Å². The van der Waals surface area contributed by atoms with E-state index in [1.807, 2.05) is 19.1 Å². The van der Waals surface area contributed by atoms with E-state index in [9.17, 15) is 14.7 Å². The average Bonchev–Trinajstić information content (AvgIpc) is 2.31. The SMILES string of the molecule is CCc1c(O)n(-c2ccccc2C)c(=O)[nH]c1=O. The van der Waals surface area contributed by atoms with Gasteiger partial charge in [-0.3, -0.25) is 9.78 Å². The summed E-state index contributed by atoms with van der Waals surface area (Å²) in [4.78, 5) is 25.6. The van der Waals surface area contributed by atoms with E-state index in [1.165, 1.54) is 0 Å². The highest BCUT2D eigenvalue weighted by molar-refractivity contribution is 5.43. The van der Waals surface area contributed by atoms with Crippen LogP contribution in [0.15, 0.2) is 33.9 Å². The topological polar surface area (TPSA) is 75.1 Å². The molecule has 0 aliphatic rings. The van der Waals surface area contributed by atoms with Crippen molar-refractivity contribution in [2.75, 3.05) is 0 Å². The Labute approximate surface area is 103 Å². The summed E-state index contributed by atoms with van der Waals surface area (Å²) in [6, 6.07) is 7.16. The lowest BCUT2D eigenvalue weighted by Gasteiger charge is -2.12. The van der Waals surface area contributed by atoms with Crippen LogP contribution in [0.2, 0.25) is 0 Å². The predicted molar refractivity (Wildman–Crippen MR) is 68.4 cm³/mol. The maximum atomic E-state index is 11.8. The Morgan fingerprint density at radius 3 is 2.56 bits per heavy atom. The lowest BCUT2D eigenvalue weighted by molar-refractivity contribution is 0.423. The molecule has 0 atom stereocenters. The zero-order valence-corrected chi connectivity index (χ0v) is 10.2. The number of benzene rings is 1. The van der Waals surface area contributed by atoms with Crippen molar-refractivity contribution in [2.24, 2.45) is 0 Å². The van der Waals surface area contributed by atoms with Crippen LogP contribution in [0.1, 0.15) is 18.1 Å². The molecule has 5 nitrogen and oxygen atoms in total. The van der Waals surface area contributed by atoms with E-state index in [-0.39, 0.29) is 11.4 Å². The number of aromatic hydroxyl groups is 1. The Morgan fingerprint density at radius 1 is 1.28 bits per heavy atom. The largest absolute Gasteiger partial charge is 0.494 e. The number of nitrogens with zero attached hydrogens (tertiary/aromatic N) is 1. The second-order valence-corrected chi connectivity index (χ2v) is 4.04. The van der Waals surface area contributed by atoms with E-state index in [1.54, 1.807) is 19.1 Å². The van der Waals surface area contributed by atoms with Gasteiger partial charge in [0, 0.05) is 0 Å². The molecule has 5 heteroatoms. The third-order valence-corrected chi connectivity index (χ3v) is 2.89. The number of aromatic amines is 1. The summed E-state index contributed by atoms with van der Waals surface area (Å²) >= 11 is 0. The fourth-order valence-corrected chi connectivity index (χ4v) is 1.92. The molecular formula is C13H14N2O3. The van der Waals surface area contributed by atoms with Crippen LogP contribution in [0, 0.1) is 6.92 Å². The van der Waals surface area contributed by atoms with Gasteiger partial charge in [0.1, 0.15) is 0 Å². The molecule has 0 radical (unpaired) electrons. The van der Waals surface area contributed by atoms with Gasteiger partial charge in [-0.2, -0.15) is 0 Å². The normalized spacial score (nSPS) is 10.6. The monoisotopic (exact) mass is 246 g/mol. The van der Waals surface area contributed by atoms with Gasteiger partial charge in [0.2, 0.25) is 5.88 Å². The number of hydrogen-bond donors (Lipinski definition) is 2. The van der Waals surface area contributed by atoms with E-state index < -0.39 is 11.2 Å². The second-order valence-electron chi connectivity index (χ2n) is 4.04. The second kappa shape index (κ2) is 4.52. The van der Waals surface area contributed by atoms with Crippen LogP contribution in [0.3, 0.4) is 0 Å². The smallest absolute Gasteiger partial charge is 0.335 e. The molecule has 0 unspecified atom stereocenters. The van der Waals surface area contributed by atoms with Crippen LogP contribution >= 0.6 is 0 Å². The third kappa shape index (κ3) is 1.84. The Bertz CT molecular complexity index is 698. The molecule has 18 heavy (non-hydrogen) atoms. The fourth-order valence-electron chi connectivity index (χ4n) is 1.92. The lowest BCUT2D eigenvalue weighted by Crippen LogP contribution is -2.31. The minimum atomic E-state index is -0.635. The van der Waals surface area contributed by atoms with E-state index in [2.05, 4.69) is 4.98 Å². The minimum absolute atomic E-state index is 0.206. The van der Waals surface area contributed by atoms with Crippen LogP contribution < -0.4 is 11.2 Å². The number of rotatable bonds is 2. The number of hydrogen-bond acceptors (Lipinski definition) is 3. The van der Waals surface area contributed by atoms with Gasteiger partial charge >= 0.3 is 5.69 Å². The summed E-state index contributed by atoms with van der Waals surface area (Å²) in [7, 11) is 0. The van der Waals surface area contributed by atoms with Crippen molar-refractivity contribution in [3.8, 4) is 11.6 Å². The molecule has 0 saturated heterocycles. The van der Waals surface area contributed by atoms with Crippen molar-refractivity contribution >= 4 is 0 Å². The van der Waals surface area contributed by atoms with Crippen LogP contribution in [0.25, 0.3) is 5.69 Å². The molecule has 0 fully saturated rings. The summed E-state index contributed by atoms with van der Waals surface area (Å²) < 4.78 is 1.12. The number of aromatic nitrogens is 2. The Balaban J connectivity index is 2.85. The molecular weight excluding hydrogens is 232 g/mol. The van der Waals surface area contributed by atoms with Crippen LogP contribution in [-0.4, -0.2) is 14.7 Å². The van der Waals surface area contributed by atoms with Gasteiger partial charge in [0.25, 0.3) is 5.56 Å². The minimum Gasteiger partial charge on any atom is -0.494 e. The Hall–Kier alpha value is -2.30. The molecule has 0 spiro atoms. The summed E-state index contributed by atoms with van der Waals surface area (Å²) in [6.07, 6.45) is 0.354. The number of para-hydroxylation sites is 1. The van der Waals surface area contributed by atoms with Crippen LogP contribution in [0.4, 0.5) is 0 Å². The first kappa shape index (κ1) is 12.2. The van der Waals surface area contributed by atoms with Gasteiger partial charge < -0.3 is 5.11 Å². The van der Waals surface area contributed by atoms with Crippen LogP contribution in [0.5, 0.6) is 5.88 Å². The molecule has 1 aromatic heterocycles. The van der Waals surface area contributed by atoms with E-state index in [4.69, 9.17) is 0 Å². The molecule has 0 amide bonds. The van der Waals surface area contributed by atoms with Crippen molar-refractivity contribution < 1.29 is 5.11 Å². The number of nitrogens with one attached hydrogen (secondary N) is 1. The molecule has 2 aromatic rings. The van der Waals surface area contributed by atoms with Crippen molar-refractivity contribution in [2.45, 2.75) is 20.3 Å². The van der Waals surface area contributed by atoms with Gasteiger partial charge in [0.05, 0.1) is 11.3 Å². The average molecular weight is 246 g/mol. The predicted octanol–water partition coefficient (Wildman–Crippen LogP) is 1.10. The van der Waals surface area contributed by atoms with Gasteiger partial charge in [-0.25, -0.2) is 9.36 Å². The molecule has 2 rings (SSSR count). The zero-order chi connectivity index (χ0) is 13.3. The summed E-state index contributed by atoms with van der Waals surface area (Å²) in [5.41, 5.74) is 0.432. The van der Waals surface area contributed by atoms with Gasteiger partial charge in [0.15, 0.2) is 0 Å². The first-order valence-corrected chi connectivity index (χ1v) is 5.69. The summed E-state index contributed by atoms with van der Waals surface area (Å²) in [5.74, 6) is -0.291. The van der Waals surface area contributed by atoms with Crippen molar-refractivity contribution in [3.05, 3.63) is 56.2 Å². The van der Waals surface area contributed by atoms with E-state index >= 15 is 0 Å². The standard InChI is InChI=1S/C13H14N2O3/c1-3-9-11(16)14-13(18)15(12(9)17)10-7-5-4-6-8(10)2/h4-7,17H,3H2,1-2H3,(H,14,16,18). The molecule has 2 N–H and O–H groups in total. The van der Waals surface area contributed by atoms with Gasteiger partial charge in [-0.15, -0.1) is 0 Å². The highest BCUT2D eigenvalue weighted by Crippen LogP contribution is 2.19. The number of H-pyrrole nitrogens is 1. The maximum Gasteiger partial charge on any atom is 0.335 e. The molecule has 0 aliphatic heterocycles. The Morgan fingerprint density at radius 2 is 1.94 bits per heavy atom. The first-order valence-electron chi connectivity index (χ1n) is 5.69. The van der Waals surface area contributed by atoms with E-state index in [0.717, 1.165) is 10.1 Å². The highest BCUT2D eigenvalue weighted by Gasteiger charge is 2.14. The summed E-state index contributed by atoms with van der Waals surface area (Å²) in [6.45, 7) is 3.58. The molecule has 94 valence electrons. The van der Waals surface area contributed by atoms with Gasteiger partial charge in [-0.1, -0.05) is 25.1 Å². The third-order valence-electron chi connectivity index (χ3n) is 2.89. The highest BCUT2D eigenvalue weighted by atomic mass is 16.3. The van der Waals surface area contributed by atoms with E-state index in [0.29, 0.717) is 12.1 Å². The lowest BCUT2D eigenvalue weighted by atomic mass is 10.2. The molecule has 0 bridgehead atoms. The van der Waals surface area contributed by atoms with Crippen molar-refractivity contribution in [3.63, 3.8) is 0 Å². The van der Waals surface area contributed by atoms with Crippen LogP contribution in [-0.2, 0) is 6.42 Å². The molecule has 0 aliphatic carbocycles. The van der Waals surface area contributed by atoms with Crippen molar-refractivity contribution in [1.29, 1.82) is 0 Å². The zero-order valence-electron chi connectivity index (χ0n) is 10.2. The summed E-state index contributed by atoms with van der Waals surface area (Å²) in [5, 5.41) is 10.1. The fraction of sp³-hybridized carbons (Fsp3) is 0.231. The first-order chi connectivity index (χ1) is 8.56. The van der Waals surface area contributed by atoms with Crippen molar-refractivity contribution in [1.82, 2.24) is 9.55 Å². The molecule has 1 aromatic carbocycles. The quantitative estimate of drug-likeness (QED) is 0.833. The molecule has 1 heterocycles.